The van der Waals surface area contributed by atoms with Gasteiger partial charge in [-0.1, -0.05) is 12.2 Å². The van der Waals surface area contributed by atoms with E-state index in [4.69, 9.17) is 18.0 Å². The zero-order valence-electron chi connectivity index (χ0n) is 9.91. The third-order valence-electron chi connectivity index (χ3n) is 3.63. The lowest BCUT2D eigenvalue weighted by molar-refractivity contribution is -0.144. The Hall–Kier alpha value is -0.970. The average molecular weight is 254 g/mol. The van der Waals surface area contributed by atoms with E-state index in [-0.39, 0.29) is 17.2 Å². The van der Waals surface area contributed by atoms with E-state index in [9.17, 15) is 9.59 Å². The molecule has 0 aromatic rings. The van der Waals surface area contributed by atoms with Gasteiger partial charge in [-0.3, -0.25) is 14.5 Å². The first-order chi connectivity index (χ1) is 8.02. The van der Waals surface area contributed by atoms with Gasteiger partial charge in [0.2, 0.25) is 11.8 Å². The summed E-state index contributed by atoms with van der Waals surface area (Å²) in [6, 6.07) is 0. The molecule has 1 aliphatic carbocycles. The number of rotatable bonds is 4. The number of imide groups is 1. The Balaban J connectivity index is 2.03. The maximum atomic E-state index is 11.9. The second kappa shape index (κ2) is 4.72. The summed E-state index contributed by atoms with van der Waals surface area (Å²) in [4.78, 5) is 25.6. The van der Waals surface area contributed by atoms with Crippen molar-refractivity contribution in [2.45, 2.75) is 44.9 Å². The van der Waals surface area contributed by atoms with Crippen molar-refractivity contribution >= 4 is 29.0 Å². The number of hydrogen-bond donors (Lipinski definition) is 1. The molecule has 2 fully saturated rings. The molecule has 2 aliphatic rings. The van der Waals surface area contributed by atoms with Crippen LogP contribution in [0, 0.1) is 5.41 Å². The third-order valence-corrected chi connectivity index (χ3v) is 3.78. The van der Waals surface area contributed by atoms with Crippen LogP contribution < -0.4 is 5.73 Å². The fourth-order valence-corrected chi connectivity index (χ4v) is 2.72. The number of amides is 2. The van der Waals surface area contributed by atoms with Gasteiger partial charge in [-0.25, -0.2) is 0 Å². The molecule has 0 radical (unpaired) electrons. The van der Waals surface area contributed by atoms with Gasteiger partial charge in [-0.15, -0.1) is 0 Å². The normalized spacial score (nSPS) is 23.4. The van der Waals surface area contributed by atoms with E-state index in [0.717, 1.165) is 25.7 Å². The molecule has 2 amide bonds. The molecule has 94 valence electrons. The van der Waals surface area contributed by atoms with Crippen molar-refractivity contribution in [1.29, 1.82) is 0 Å². The first kappa shape index (κ1) is 12.5. The summed E-state index contributed by atoms with van der Waals surface area (Å²) in [5.41, 5.74) is 5.57. The average Bonchev–Trinajstić information content (AvgIpc) is 3.00. The van der Waals surface area contributed by atoms with Crippen LogP contribution in [0.2, 0.25) is 0 Å². The highest BCUT2D eigenvalue weighted by Gasteiger charge is 2.46. The fourth-order valence-electron chi connectivity index (χ4n) is 2.41. The standard InChI is InChI=1S/C12H18N2O2S/c13-9(17)7-12(5-6-12)8-14-10(15)3-1-2-4-11(14)16/h1-8H2,(H2,13,17). The molecule has 1 saturated heterocycles. The van der Waals surface area contributed by atoms with Crippen LogP contribution in [0.5, 0.6) is 0 Å². The SMILES string of the molecule is NC(=S)CC1(CN2C(=O)CCCCC2=O)CC1. The quantitative estimate of drug-likeness (QED) is 0.608. The Morgan fingerprint density at radius 2 is 1.76 bits per heavy atom. The highest BCUT2D eigenvalue weighted by atomic mass is 32.1. The van der Waals surface area contributed by atoms with Gasteiger partial charge < -0.3 is 5.73 Å². The minimum Gasteiger partial charge on any atom is -0.393 e. The summed E-state index contributed by atoms with van der Waals surface area (Å²) in [5.74, 6) is -0.0524. The Bertz CT molecular complexity index is 346. The summed E-state index contributed by atoms with van der Waals surface area (Å²) in [7, 11) is 0. The van der Waals surface area contributed by atoms with Crippen LogP contribution >= 0.6 is 12.2 Å². The molecule has 0 aromatic carbocycles. The molecular formula is C12H18N2O2S. The van der Waals surface area contributed by atoms with E-state index in [2.05, 4.69) is 0 Å². The predicted octanol–water partition coefficient (Wildman–Crippen LogP) is 1.37. The number of hydrogen-bond acceptors (Lipinski definition) is 3. The lowest BCUT2D eigenvalue weighted by atomic mass is 10.0. The first-order valence-electron chi connectivity index (χ1n) is 6.14. The third kappa shape index (κ3) is 3.03. The fraction of sp³-hybridized carbons (Fsp3) is 0.750. The molecule has 17 heavy (non-hydrogen) atoms. The van der Waals surface area contributed by atoms with E-state index in [1.54, 1.807) is 0 Å². The van der Waals surface area contributed by atoms with Crippen LogP contribution in [-0.2, 0) is 9.59 Å². The predicted molar refractivity (Wildman–Crippen MR) is 68.3 cm³/mol. The van der Waals surface area contributed by atoms with E-state index in [0.29, 0.717) is 30.8 Å². The second-order valence-corrected chi connectivity index (χ2v) is 5.75. The molecule has 1 heterocycles. The lowest BCUT2D eigenvalue weighted by Crippen LogP contribution is -2.40. The van der Waals surface area contributed by atoms with E-state index < -0.39 is 0 Å². The van der Waals surface area contributed by atoms with Crippen LogP contribution in [0.3, 0.4) is 0 Å². The maximum Gasteiger partial charge on any atom is 0.229 e. The topological polar surface area (TPSA) is 63.4 Å². The van der Waals surface area contributed by atoms with E-state index in [1.807, 2.05) is 0 Å². The van der Waals surface area contributed by atoms with E-state index >= 15 is 0 Å². The number of nitrogens with zero attached hydrogens (tertiary/aromatic N) is 1. The van der Waals surface area contributed by atoms with Gasteiger partial charge in [0, 0.05) is 25.8 Å². The number of nitrogens with two attached hydrogens (primary N) is 1. The minimum atomic E-state index is -0.0262. The lowest BCUT2D eigenvalue weighted by Gasteiger charge is -2.24. The van der Waals surface area contributed by atoms with Crippen molar-refractivity contribution < 1.29 is 9.59 Å². The molecule has 2 rings (SSSR count). The Kier molecular flexibility index (Phi) is 3.47. The van der Waals surface area contributed by atoms with Gasteiger partial charge in [0.15, 0.2) is 0 Å². The van der Waals surface area contributed by atoms with Gasteiger partial charge in [-0.05, 0) is 31.1 Å². The van der Waals surface area contributed by atoms with Gasteiger partial charge in [0.05, 0.1) is 4.99 Å². The van der Waals surface area contributed by atoms with Crippen molar-refractivity contribution in [3.8, 4) is 0 Å². The molecule has 0 bridgehead atoms. The van der Waals surface area contributed by atoms with E-state index in [1.165, 1.54) is 4.90 Å². The summed E-state index contributed by atoms with van der Waals surface area (Å²) in [6.07, 6.45) is 5.32. The Morgan fingerprint density at radius 1 is 1.24 bits per heavy atom. The van der Waals surface area contributed by atoms with Gasteiger partial charge in [0.25, 0.3) is 0 Å². The van der Waals surface area contributed by atoms with Crippen molar-refractivity contribution in [3.05, 3.63) is 0 Å². The van der Waals surface area contributed by atoms with Crippen molar-refractivity contribution in [2.24, 2.45) is 11.1 Å². The Morgan fingerprint density at radius 3 is 2.18 bits per heavy atom. The molecule has 0 spiro atoms. The van der Waals surface area contributed by atoms with Gasteiger partial charge in [-0.2, -0.15) is 0 Å². The summed E-state index contributed by atoms with van der Waals surface area (Å²) < 4.78 is 0. The molecule has 0 aromatic heterocycles. The molecule has 4 nitrogen and oxygen atoms in total. The van der Waals surface area contributed by atoms with Crippen molar-refractivity contribution in [1.82, 2.24) is 4.90 Å². The van der Waals surface area contributed by atoms with Gasteiger partial charge in [0.1, 0.15) is 0 Å². The molecule has 2 N–H and O–H groups in total. The smallest absolute Gasteiger partial charge is 0.229 e. The van der Waals surface area contributed by atoms with Crippen LogP contribution in [0.1, 0.15) is 44.9 Å². The summed E-state index contributed by atoms with van der Waals surface area (Å²) in [6.45, 7) is 0.516. The van der Waals surface area contributed by atoms with Crippen molar-refractivity contribution in [2.75, 3.05) is 6.54 Å². The summed E-state index contributed by atoms with van der Waals surface area (Å²) >= 11 is 4.93. The summed E-state index contributed by atoms with van der Waals surface area (Å²) in [5, 5.41) is 0. The van der Waals surface area contributed by atoms with Crippen LogP contribution in [0.4, 0.5) is 0 Å². The molecule has 1 saturated carbocycles. The van der Waals surface area contributed by atoms with Crippen LogP contribution in [-0.4, -0.2) is 28.2 Å². The maximum absolute atomic E-state index is 11.9. The molecule has 5 heteroatoms. The number of carbonyl (C=O) groups is 2. The van der Waals surface area contributed by atoms with Crippen LogP contribution in [0.25, 0.3) is 0 Å². The molecule has 1 aliphatic heterocycles. The zero-order chi connectivity index (χ0) is 12.5. The first-order valence-corrected chi connectivity index (χ1v) is 6.55. The second-order valence-electron chi connectivity index (χ2n) is 5.22. The van der Waals surface area contributed by atoms with Crippen LogP contribution in [0.15, 0.2) is 0 Å². The molecule has 0 atom stereocenters. The highest BCUT2D eigenvalue weighted by molar-refractivity contribution is 7.80. The number of carbonyl (C=O) groups excluding carboxylic acids is 2. The monoisotopic (exact) mass is 254 g/mol. The Labute approximate surface area is 107 Å². The number of likely N-dealkylation sites (tertiary alicyclic amines) is 1. The van der Waals surface area contributed by atoms with Gasteiger partial charge >= 0.3 is 0 Å². The largest absolute Gasteiger partial charge is 0.393 e. The van der Waals surface area contributed by atoms with Crippen molar-refractivity contribution in [3.63, 3.8) is 0 Å². The highest BCUT2D eigenvalue weighted by Crippen LogP contribution is 2.49. The number of thiocarbonyl (C=S) groups is 1. The zero-order valence-corrected chi connectivity index (χ0v) is 10.7. The minimum absolute atomic E-state index is 0.00148. The molecular weight excluding hydrogens is 236 g/mol. The molecule has 0 unspecified atom stereocenters.